The zero-order valence-electron chi connectivity index (χ0n) is 15.5. The molecule has 0 unspecified atom stereocenters. The fraction of sp³-hybridized carbons (Fsp3) is 0.526. The molecule has 2 atom stereocenters. The quantitative estimate of drug-likeness (QED) is 0.830. The summed E-state index contributed by atoms with van der Waals surface area (Å²) >= 11 is 0. The van der Waals surface area contributed by atoms with Crippen molar-refractivity contribution in [3.63, 3.8) is 0 Å². The molecule has 0 radical (unpaired) electrons. The molecule has 25 heavy (non-hydrogen) atoms. The molecule has 3 amide bonds. The minimum Gasteiger partial charge on any atom is -0.444 e. The number of hydrogen-bond acceptors (Lipinski definition) is 4. The normalized spacial score (nSPS) is 16.4. The van der Waals surface area contributed by atoms with Crippen molar-refractivity contribution in [3.05, 3.63) is 35.4 Å². The van der Waals surface area contributed by atoms with Gasteiger partial charge in [-0.15, -0.1) is 0 Å². The molecule has 136 valence electrons. The van der Waals surface area contributed by atoms with Crippen molar-refractivity contribution in [2.24, 2.45) is 0 Å². The van der Waals surface area contributed by atoms with Gasteiger partial charge in [0.25, 0.3) is 11.8 Å². The van der Waals surface area contributed by atoms with Crippen LogP contribution in [0.3, 0.4) is 0 Å². The lowest BCUT2D eigenvalue weighted by Crippen LogP contribution is -2.53. The number of carbonyl (C=O) groups is 3. The number of carbonyl (C=O) groups excluding carboxylic acids is 3. The molecule has 1 aromatic rings. The zero-order chi connectivity index (χ0) is 18.8. The maximum atomic E-state index is 12.7. The number of nitrogens with one attached hydrogen (secondary N) is 1. The molecule has 0 saturated heterocycles. The van der Waals surface area contributed by atoms with Gasteiger partial charge in [0.05, 0.1) is 23.2 Å². The fourth-order valence-corrected chi connectivity index (χ4v) is 3.00. The van der Waals surface area contributed by atoms with E-state index in [0.717, 1.165) is 6.42 Å². The Morgan fingerprint density at radius 3 is 2.12 bits per heavy atom. The van der Waals surface area contributed by atoms with Crippen molar-refractivity contribution in [3.8, 4) is 0 Å². The average Bonchev–Trinajstić information content (AvgIpc) is 2.75. The van der Waals surface area contributed by atoms with Gasteiger partial charge in [-0.2, -0.15) is 0 Å². The molecule has 6 heteroatoms. The third-order valence-corrected chi connectivity index (χ3v) is 4.06. The molecular weight excluding hydrogens is 320 g/mol. The number of ether oxygens (including phenoxy) is 1. The zero-order valence-corrected chi connectivity index (χ0v) is 15.5. The van der Waals surface area contributed by atoms with Crippen molar-refractivity contribution >= 4 is 17.9 Å². The maximum Gasteiger partial charge on any atom is 0.407 e. The molecule has 1 aliphatic heterocycles. The van der Waals surface area contributed by atoms with Crippen molar-refractivity contribution in [2.75, 3.05) is 0 Å². The molecule has 2 rings (SSSR count). The number of nitrogens with zero attached hydrogens (tertiary/aromatic N) is 1. The third kappa shape index (κ3) is 4.18. The number of amides is 3. The molecule has 1 heterocycles. The van der Waals surface area contributed by atoms with Gasteiger partial charge in [0, 0.05) is 0 Å². The predicted octanol–water partition coefficient (Wildman–Crippen LogP) is 3.36. The van der Waals surface area contributed by atoms with Crippen LogP contribution in [-0.4, -0.2) is 40.5 Å². The standard InChI is InChI=1S/C19H26N2O4/c1-6-9-15(12(2)20-18(24)25-19(3,4)5)21-16(22)13-10-7-8-11-14(13)17(21)23/h7-8,10-12,15H,6,9H2,1-5H3,(H,20,24)/t12-,15+/m0/s1. The second-order valence-corrected chi connectivity index (χ2v) is 7.32. The Labute approximate surface area is 148 Å². The van der Waals surface area contributed by atoms with E-state index in [4.69, 9.17) is 4.74 Å². The summed E-state index contributed by atoms with van der Waals surface area (Å²) in [4.78, 5) is 38.7. The second-order valence-electron chi connectivity index (χ2n) is 7.32. The Kier molecular flexibility index (Phi) is 5.50. The fourth-order valence-electron chi connectivity index (χ4n) is 3.00. The molecule has 6 nitrogen and oxygen atoms in total. The van der Waals surface area contributed by atoms with Gasteiger partial charge in [-0.05, 0) is 46.2 Å². The summed E-state index contributed by atoms with van der Waals surface area (Å²) in [6, 6.07) is 5.95. The lowest BCUT2D eigenvalue weighted by Gasteiger charge is -2.32. The van der Waals surface area contributed by atoms with Gasteiger partial charge >= 0.3 is 6.09 Å². The van der Waals surface area contributed by atoms with Crippen LogP contribution in [0.1, 0.15) is 68.2 Å². The Bertz CT molecular complexity index is 643. The lowest BCUT2D eigenvalue weighted by molar-refractivity contribution is 0.0413. The van der Waals surface area contributed by atoms with E-state index >= 15 is 0 Å². The highest BCUT2D eigenvalue weighted by Gasteiger charge is 2.41. The molecule has 1 N–H and O–H groups in total. The van der Waals surface area contributed by atoms with E-state index in [1.165, 1.54) is 4.90 Å². The van der Waals surface area contributed by atoms with Crippen LogP contribution in [0.15, 0.2) is 24.3 Å². The van der Waals surface area contributed by atoms with Gasteiger partial charge in [0.2, 0.25) is 0 Å². The first kappa shape index (κ1) is 19.0. The van der Waals surface area contributed by atoms with E-state index in [1.54, 1.807) is 52.0 Å². The summed E-state index contributed by atoms with van der Waals surface area (Å²) < 4.78 is 5.28. The molecule has 0 bridgehead atoms. The Morgan fingerprint density at radius 1 is 1.16 bits per heavy atom. The van der Waals surface area contributed by atoms with Crippen LogP contribution in [0.2, 0.25) is 0 Å². The van der Waals surface area contributed by atoms with E-state index in [2.05, 4.69) is 5.32 Å². The van der Waals surface area contributed by atoms with Gasteiger partial charge in [-0.1, -0.05) is 25.5 Å². The van der Waals surface area contributed by atoms with Gasteiger partial charge < -0.3 is 10.1 Å². The molecule has 0 saturated carbocycles. The summed E-state index contributed by atoms with van der Waals surface area (Å²) in [6.07, 6.45) is 0.818. The van der Waals surface area contributed by atoms with Crippen molar-refractivity contribution in [1.82, 2.24) is 10.2 Å². The van der Waals surface area contributed by atoms with E-state index in [-0.39, 0.29) is 11.8 Å². The van der Waals surface area contributed by atoms with E-state index in [0.29, 0.717) is 17.5 Å². The summed E-state index contributed by atoms with van der Waals surface area (Å²) in [5.41, 5.74) is 0.218. The highest BCUT2D eigenvalue weighted by atomic mass is 16.6. The van der Waals surface area contributed by atoms with E-state index in [1.807, 2.05) is 6.92 Å². The minimum atomic E-state index is -0.612. The third-order valence-electron chi connectivity index (χ3n) is 4.06. The molecule has 0 spiro atoms. The smallest absolute Gasteiger partial charge is 0.407 e. The van der Waals surface area contributed by atoms with Gasteiger partial charge in [0.1, 0.15) is 5.60 Å². The second kappa shape index (κ2) is 7.25. The molecule has 0 fully saturated rings. The summed E-state index contributed by atoms with van der Waals surface area (Å²) in [7, 11) is 0. The number of alkyl carbamates (subject to hydrolysis) is 1. The van der Waals surface area contributed by atoms with Crippen molar-refractivity contribution in [1.29, 1.82) is 0 Å². The number of fused-ring (bicyclic) bond motifs is 1. The topological polar surface area (TPSA) is 75.7 Å². The summed E-state index contributed by atoms with van der Waals surface area (Å²) in [5, 5.41) is 2.76. The van der Waals surface area contributed by atoms with Crippen LogP contribution in [0, 0.1) is 0 Å². The Morgan fingerprint density at radius 2 is 1.68 bits per heavy atom. The van der Waals surface area contributed by atoms with Crippen LogP contribution in [0.4, 0.5) is 4.79 Å². The Hall–Kier alpha value is -2.37. The first-order valence-electron chi connectivity index (χ1n) is 8.62. The first-order valence-corrected chi connectivity index (χ1v) is 8.62. The minimum absolute atomic E-state index is 0.308. The number of rotatable bonds is 5. The molecule has 0 aromatic heterocycles. The molecule has 1 aromatic carbocycles. The maximum absolute atomic E-state index is 12.7. The monoisotopic (exact) mass is 346 g/mol. The molecule has 1 aliphatic rings. The van der Waals surface area contributed by atoms with Crippen LogP contribution < -0.4 is 5.32 Å². The van der Waals surface area contributed by atoms with E-state index in [9.17, 15) is 14.4 Å². The highest BCUT2D eigenvalue weighted by molar-refractivity contribution is 6.21. The molecule has 0 aliphatic carbocycles. The SMILES string of the molecule is CCC[C@H]([C@H](C)NC(=O)OC(C)(C)C)N1C(=O)c2ccccc2C1=O. The number of imide groups is 1. The Balaban J connectivity index is 2.20. The van der Waals surface area contributed by atoms with Crippen molar-refractivity contribution in [2.45, 2.75) is 65.1 Å². The van der Waals surface area contributed by atoms with Crippen LogP contribution in [-0.2, 0) is 4.74 Å². The number of hydrogen-bond donors (Lipinski definition) is 1. The predicted molar refractivity (Wildman–Crippen MR) is 94.5 cm³/mol. The number of benzene rings is 1. The van der Waals surface area contributed by atoms with E-state index < -0.39 is 23.8 Å². The van der Waals surface area contributed by atoms with Gasteiger partial charge in [-0.25, -0.2) is 4.79 Å². The first-order chi connectivity index (χ1) is 11.7. The lowest BCUT2D eigenvalue weighted by atomic mass is 10.0. The highest BCUT2D eigenvalue weighted by Crippen LogP contribution is 2.27. The molecular formula is C19H26N2O4. The van der Waals surface area contributed by atoms with Gasteiger partial charge in [0.15, 0.2) is 0 Å². The van der Waals surface area contributed by atoms with Gasteiger partial charge in [-0.3, -0.25) is 14.5 Å². The summed E-state index contributed by atoms with van der Waals surface area (Å²) in [5.74, 6) is -0.617. The van der Waals surface area contributed by atoms with Crippen LogP contribution in [0.5, 0.6) is 0 Å². The summed E-state index contributed by atoms with van der Waals surface area (Å²) in [6.45, 7) is 9.11. The van der Waals surface area contributed by atoms with Crippen molar-refractivity contribution < 1.29 is 19.1 Å². The van der Waals surface area contributed by atoms with Crippen LogP contribution in [0.25, 0.3) is 0 Å². The average molecular weight is 346 g/mol. The van der Waals surface area contributed by atoms with Crippen LogP contribution >= 0.6 is 0 Å². The largest absolute Gasteiger partial charge is 0.444 e.